The number of aryl methyl sites for hydroxylation is 1. The van der Waals surface area contributed by atoms with Crippen LogP contribution in [0.15, 0.2) is 83.7 Å². The lowest BCUT2D eigenvalue weighted by molar-refractivity contribution is 0.753. The SMILES string of the molecule is CCc1ccc(=N)n(/C=C(\C)Cn2ccc3c(-c4ccccc4)cncc3c2=O)c1. The van der Waals surface area contributed by atoms with Crippen molar-refractivity contribution in [2.24, 2.45) is 0 Å². The van der Waals surface area contributed by atoms with Crippen LogP contribution in [0.5, 0.6) is 0 Å². The van der Waals surface area contributed by atoms with Crippen molar-refractivity contribution in [1.82, 2.24) is 14.1 Å². The summed E-state index contributed by atoms with van der Waals surface area (Å²) in [6.45, 7) is 4.51. The fourth-order valence-electron chi connectivity index (χ4n) is 3.61. The van der Waals surface area contributed by atoms with Gasteiger partial charge in [0.25, 0.3) is 5.56 Å². The van der Waals surface area contributed by atoms with Crippen molar-refractivity contribution in [3.8, 4) is 11.1 Å². The summed E-state index contributed by atoms with van der Waals surface area (Å²) in [6, 6.07) is 15.7. The molecule has 1 N–H and O–H groups in total. The summed E-state index contributed by atoms with van der Waals surface area (Å²) in [7, 11) is 0. The fraction of sp³-hybridized carbons (Fsp3) is 0.160. The van der Waals surface area contributed by atoms with E-state index in [4.69, 9.17) is 5.41 Å². The molecule has 0 spiro atoms. The quantitative estimate of drug-likeness (QED) is 0.541. The van der Waals surface area contributed by atoms with Crippen LogP contribution in [-0.2, 0) is 13.0 Å². The van der Waals surface area contributed by atoms with Crippen molar-refractivity contribution in [2.45, 2.75) is 26.8 Å². The summed E-state index contributed by atoms with van der Waals surface area (Å²) in [5.74, 6) is 0. The van der Waals surface area contributed by atoms with Gasteiger partial charge < -0.3 is 9.13 Å². The summed E-state index contributed by atoms with van der Waals surface area (Å²) >= 11 is 0. The zero-order valence-electron chi connectivity index (χ0n) is 17.2. The minimum absolute atomic E-state index is 0.0658. The van der Waals surface area contributed by atoms with Gasteiger partial charge >= 0.3 is 0 Å². The fourth-order valence-corrected chi connectivity index (χ4v) is 3.61. The molecule has 1 aromatic carbocycles. The van der Waals surface area contributed by atoms with Crippen LogP contribution < -0.4 is 11.0 Å². The van der Waals surface area contributed by atoms with E-state index >= 15 is 0 Å². The van der Waals surface area contributed by atoms with Gasteiger partial charge in [-0.05, 0) is 47.6 Å². The van der Waals surface area contributed by atoms with Gasteiger partial charge in [-0.1, -0.05) is 43.3 Å². The predicted octanol–water partition coefficient (Wildman–Crippen LogP) is 4.47. The number of hydrogen-bond donors (Lipinski definition) is 1. The Bertz CT molecular complexity index is 1350. The Balaban J connectivity index is 1.72. The number of benzene rings is 1. The lowest BCUT2D eigenvalue weighted by Gasteiger charge is -2.11. The van der Waals surface area contributed by atoms with Crippen molar-refractivity contribution in [1.29, 1.82) is 5.41 Å². The molecule has 5 nitrogen and oxygen atoms in total. The number of allylic oxidation sites excluding steroid dienone is 1. The van der Waals surface area contributed by atoms with Crippen molar-refractivity contribution < 1.29 is 0 Å². The third-order valence-corrected chi connectivity index (χ3v) is 5.21. The molecule has 0 radical (unpaired) electrons. The molecule has 5 heteroatoms. The van der Waals surface area contributed by atoms with Crippen molar-refractivity contribution in [3.63, 3.8) is 0 Å². The van der Waals surface area contributed by atoms with Crippen molar-refractivity contribution in [2.75, 3.05) is 0 Å². The summed E-state index contributed by atoms with van der Waals surface area (Å²) in [4.78, 5) is 17.4. The summed E-state index contributed by atoms with van der Waals surface area (Å²) < 4.78 is 3.49. The molecule has 0 bridgehead atoms. The van der Waals surface area contributed by atoms with E-state index in [1.807, 2.05) is 68.0 Å². The molecule has 4 rings (SSSR count). The van der Waals surface area contributed by atoms with E-state index in [2.05, 4.69) is 11.9 Å². The van der Waals surface area contributed by atoms with Gasteiger partial charge in [-0.3, -0.25) is 15.2 Å². The average Bonchev–Trinajstić information content (AvgIpc) is 2.77. The van der Waals surface area contributed by atoms with Crippen molar-refractivity contribution >= 4 is 17.0 Å². The van der Waals surface area contributed by atoms with E-state index in [-0.39, 0.29) is 5.56 Å². The molecule has 0 aliphatic heterocycles. The molecular weight excluding hydrogens is 372 g/mol. The zero-order chi connectivity index (χ0) is 21.1. The molecule has 3 heterocycles. The molecule has 4 aromatic rings. The Morgan fingerprint density at radius 1 is 1.07 bits per heavy atom. The number of fused-ring (bicyclic) bond motifs is 1. The highest BCUT2D eigenvalue weighted by Crippen LogP contribution is 2.25. The third-order valence-electron chi connectivity index (χ3n) is 5.21. The van der Waals surface area contributed by atoms with Crippen LogP contribution in [-0.4, -0.2) is 14.1 Å². The first kappa shape index (κ1) is 19.6. The highest BCUT2D eigenvalue weighted by molar-refractivity contribution is 5.95. The number of nitrogens with one attached hydrogen (secondary N) is 1. The van der Waals surface area contributed by atoms with Crippen LogP contribution in [0.4, 0.5) is 0 Å². The second kappa shape index (κ2) is 8.33. The summed E-state index contributed by atoms with van der Waals surface area (Å²) in [5.41, 5.74) is 4.49. The lowest BCUT2D eigenvalue weighted by Crippen LogP contribution is -2.21. The first-order chi connectivity index (χ1) is 14.6. The Hall–Kier alpha value is -3.73. The normalized spacial score (nSPS) is 11.7. The van der Waals surface area contributed by atoms with Crippen LogP contribution in [0, 0.1) is 5.41 Å². The molecular formula is C25H24N4O. The van der Waals surface area contributed by atoms with Gasteiger partial charge in [-0.2, -0.15) is 0 Å². The minimum Gasteiger partial charge on any atom is -0.311 e. The van der Waals surface area contributed by atoms with E-state index in [1.165, 1.54) is 0 Å². The summed E-state index contributed by atoms with van der Waals surface area (Å²) in [6.07, 6.45) is 10.1. The largest absolute Gasteiger partial charge is 0.311 e. The number of rotatable bonds is 5. The maximum Gasteiger partial charge on any atom is 0.260 e. The molecule has 0 saturated carbocycles. The van der Waals surface area contributed by atoms with E-state index in [1.54, 1.807) is 27.6 Å². The molecule has 150 valence electrons. The molecule has 0 atom stereocenters. The predicted molar refractivity (Wildman–Crippen MR) is 121 cm³/mol. The Morgan fingerprint density at radius 3 is 2.63 bits per heavy atom. The third kappa shape index (κ3) is 3.87. The number of nitrogens with zero attached hydrogens (tertiary/aromatic N) is 3. The maximum atomic E-state index is 13.1. The molecule has 0 unspecified atom stereocenters. The zero-order valence-corrected chi connectivity index (χ0v) is 17.2. The topological polar surface area (TPSA) is 63.7 Å². The first-order valence-corrected chi connectivity index (χ1v) is 10.0. The van der Waals surface area contributed by atoms with Gasteiger partial charge in [0.1, 0.15) is 5.49 Å². The second-order valence-electron chi connectivity index (χ2n) is 7.42. The Labute approximate surface area is 175 Å². The van der Waals surface area contributed by atoms with Gasteiger partial charge in [0.15, 0.2) is 0 Å². The average molecular weight is 396 g/mol. The molecule has 0 amide bonds. The highest BCUT2D eigenvalue weighted by atomic mass is 16.1. The van der Waals surface area contributed by atoms with Crippen LogP contribution in [0.1, 0.15) is 19.4 Å². The summed E-state index contributed by atoms with van der Waals surface area (Å²) in [5, 5.41) is 9.62. The molecule has 0 aliphatic rings. The van der Waals surface area contributed by atoms with Crippen LogP contribution >= 0.6 is 0 Å². The number of aromatic nitrogens is 3. The molecule has 0 aliphatic carbocycles. The van der Waals surface area contributed by atoms with E-state index in [0.717, 1.165) is 34.1 Å². The van der Waals surface area contributed by atoms with E-state index in [9.17, 15) is 4.79 Å². The van der Waals surface area contributed by atoms with Gasteiger partial charge in [0.2, 0.25) is 0 Å². The van der Waals surface area contributed by atoms with E-state index < -0.39 is 0 Å². The van der Waals surface area contributed by atoms with Gasteiger partial charge in [-0.25, -0.2) is 0 Å². The number of pyridine rings is 3. The second-order valence-corrected chi connectivity index (χ2v) is 7.42. The Kier molecular flexibility index (Phi) is 5.44. The molecule has 3 aromatic heterocycles. The van der Waals surface area contributed by atoms with Gasteiger partial charge in [0.05, 0.1) is 5.39 Å². The molecule has 0 saturated heterocycles. The minimum atomic E-state index is -0.0658. The smallest absolute Gasteiger partial charge is 0.260 e. The maximum absolute atomic E-state index is 13.1. The van der Waals surface area contributed by atoms with Gasteiger partial charge in [-0.15, -0.1) is 0 Å². The number of hydrogen-bond acceptors (Lipinski definition) is 3. The van der Waals surface area contributed by atoms with Crippen LogP contribution in [0.3, 0.4) is 0 Å². The standard InChI is InChI=1S/C25H24N4O/c1-3-19-9-10-24(26)29(17-19)16-18(2)15-28-12-11-21-22(20-7-5-4-6-8-20)13-27-14-23(21)25(28)30/h4-14,16-17,26H,3,15H2,1-2H3/b18-16+,26-24?. The van der Waals surface area contributed by atoms with Crippen molar-refractivity contribution in [3.05, 3.63) is 100 Å². The van der Waals surface area contributed by atoms with Crippen LogP contribution in [0.25, 0.3) is 28.1 Å². The first-order valence-electron chi connectivity index (χ1n) is 10.0. The monoisotopic (exact) mass is 396 g/mol. The Morgan fingerprint density at radius 2 is 1.87 bits per heavy atom. The highest BCUT2D eigenvalue weighted by Gasteiger charge is 2.09. The van der Waals surface area contributed by atoms with Gasteiger partial charge in [0, 0.05) is 43.1 Å². The van der Waals surface area contributed by atoms with Crippen LogP contribution in [0.2, 0.25) is 0 Å². The lowest BCUT2D eigenvalue weighted by atomic mass is 10.0. The molecule has 0 fully saturated rings. The van der Waals surface area contributed by atoms with E-state index in [0.29, 0.717) is 17.4 Å². The molecule has 30 heavy (non-hydrogen) atoms.